The molecule has 0 amide bonds. The molecule has 0 aromatic carbocycles. The largest absolute Gasteiger partial charge is 0.339 e. The average molecular weight is 251 g/mol. The van der Waals surface area contributed by atoms with Crippen molar-refractivity contribution in [3.05, 3.63) is 11.7 Å². The summed E-state index contributed by atoms with van der Waals surface area (Å²) in [6, 6.07) is -0.0841. The second-order valence-corrected chi connectivity index (χ2v) is 6.17. The van der Waals surface area contributed by atoms with Crippen molar-refractivity contribution in [2.75, 3.05) is 0 Å². The van der Waals surface area contributed by atoms with Gasteiger partial charge in [0.1, 0.15) is 0 Å². The molecule has 2 rings (SSSR count). The van der Waals surface area contributed by atoms with Gasteiger partial charge >= 0.3 is 0 Å². The molecule has 0 bridgehead atoms. The fourth-order valence-corrected chi connectivity index (χ4v) is 2.93. The summed E-state index contributed by atoms with van der Waals surface area (Å²) in [5, 5.41) is 4.06. The third kappa shape index (κ3) is 2.74. The number of rotatable bonds is 4. The van der Waals surface area contributed by atoms with Gasteiger partial charge in [-0.15, -0.1) is 0 Å². The lowest BCUT2D eigenvalue weighted by atomic mass is 9.69. The van der Waals surface area contributed by atoms with Crippen LogP contribution < -0.4 is 5.73 Å². The minimum Gasteiger partial charge on any atom is -0.339 e. The minimum absolute atomic E-state index is 0.0841. The molecule has 102 valence electrons. The van der Waals surface area contributed by atoms with Crippen LogP contribution in [0.3, 0.4) is 0 Å². The molecule has 1 aromatic heterocycles. The van der Waals surface area contributed by atoms with Gasteiger partial charge in [-0.2, -0.15) is 4.98 Å². The Hall–Kier alpha value is -0.900. The smallest absolute Gasteiger partial charge is 0.230 e. The molecule has 1 heterocycles. The first-order valence-corrected chi connectivity index (χ1v) is 7.13. The van der Waals surface area contributed by atoms with Crippen LogP contribution in [0.5, 0.6) is 0 Å². The van der Waals surface area contributed by atoms with E-state index in [4.69, 9.17) is 10.3 Å². The first-order valence-electron chi connectivity index (χ1n) is 7.13. The lowest BCUT2D eigenvalue weighted by Crippen LogP contribution is -2.26. The zero-order valence-electron chi connectivity index (χ0n) is 11.8. The monoisotopic (exact) mass is 251 g/mol. The third-order valence-electron chi connectivity index (χ3n) is 4.19. The van der Waals surface area contributed by atoms with Crippen LogP contribution in [0.2, 0.25) is 0 Å². The summed E-state index contributed by atoms with van der Waals surface area (Å²) >= 11 is 0. The Morgan fingerprint density at radius 1 is 1.44 bits per heavy atom. The van der Waals surface area contributed by atoms with Crippen LogP contribution in [0.4, 0.5) is 0 Å². The maximum Gasteiger partial charge on any atom is 0.230 e. The first kappa shape index (κ1) is 13.5. The van der Waals surface area contributed by atoms with Crippen molar-refractivity contribution in [1.82, 2.24) is 10.1 Å². The van der Waals surface area contributed by atoms with E-state index in [1.165, 1.54) is 19.3 Å². The van der Waals surface area contributed by atoms with Crippen LogP contribution in [0, 0.1) is 5.41 Å². The van der Waals surface area contributed by atoms with Gasteiger partial charge in [-0.25, -0.2) is 0 Å². The maximum atomic E-state index is 6.03. The van der Waals surface area contributed by atoms with E-state index in [-0.39, 0.29) is 11.5 Å². The lowest BCUT2D eigenvalue weighted by molar-refractivity contribution is 0.164. The van der Waals surface area contributed by atoms with Gasteiger partial charge in [-0.3, -0.25) is 0 Å². The molecule has 1 aromatic rings. The Morgan fingerprint density at radius 3 is 2.89 bits per heavy atom. The van der Waals surface area contributed by atoms with Crippen molar-refractivity contribution >= 4 is 0 Å². The van der Waals surface area contributed by atoms with Gasteiger partial charge in [0, 0.05) is 5.92 Å². The molecular weight excluding hydrogens is 226 g/mol. The summed E-state index contributed by atoms with van der Waals surface area (Å²) in [4.78, 5) is 4.55. The molecular formula is C14H25N3O. The Balaban J connectivity index is 2.13. The van der Waals surface area contributed by atoms with Crippen molar-refractivity contribution in [1.29, 1.82) is 0 Å². The zero-order chi connectivity index (χ0) is 13.2. The Morgan fingerprint density at radius 2 is 2.22 bits per heavy atom. The second kappa shape index (κ2) is 5.39. The molecule has 0 saturated heterocycles. The molecule has 1 aliphatic carbocycles. The van der Waals surface area contributed by atoms with Crippen LogP contribution >= 0.6 is 0 Å². The topological polar surface area (TPSA) is 64.9 Å². The predicted molar refractivity (Wildman–Crippen MR) is 71.1 cm³/mol. The summed E-state index contributed by atoms with van der Waals surface area (Å²) < 4.78 is 5.47. The van der Waals surface area contributed by atoms with Gasteiger partial charge < -0.3 is 10.3 Å². The van der Waals surface area contributed by atoms with E-state index in [2.05, 4.69) is 30.9 Å². The highest BCUT2D eigenvalue weighted by Crippen LogP contribution is 2.46. The molecule has 1 saturated carbocycles. The fourth-order valence-electron chi connectivity index (χ4n) is 2.93. The van der Waals surface area contributed by atoms with E-state index in [0.29, 0.717) is 11.7 Å². The number of nitrogens with two attached hydrogens (primary N) is 1. The maximum absolute atomic E-state index is 6.03. The van der Waals surface area contributed by atoms with Gasteiger partial charge in [0.2, 0.25) is 5.89 Å². The number of hydrogen-bond donors (Lipinski definition) is 1. The van der Waals surface area contributed by atoms with E-state index < -0.39 is 0 Å². The molecule has 2 unspecified atom stereocenters. The van der Waals surface area contributed by atoms with Crippen LogP contribution in [0.1, 0.15) is 83.0 Å². The Kier molecular flexibility index (Phi) is 4.05. The SMILES string of the molecule is CCCC(N)c1noc(C2CCCCC2(C)C)n1. The normalized spacial score (nSPS) is 25.0. The minimum atomic E-state index is -0.0841. The van der Waals surface area contributed by atoms with Crippen molar-refractivity contribution < 1.29 is 4.52 Å². The fraction of sp³-hybridized carbons (Fsp3) is 0.857. The quantitative estimate of drug-likeness (QED) is 0.888. The van der Waals surface area contributed by atoms with Crippen LogP contribution in [0.15, 0.2) is 4.52 Å². The summed E-state index contributed by atoms with van der Waals surface area (Å²) in [5.41, 5.74) is 6.29. The molecule has 2 atom stereocenters. The molecule has 0 spiro atoms. The lowest BCUT2D eigenvalue weighted by Gasteiger charge is -2.36. The average Bonchev–Trinajstić information content (AvgIpc) is 2.78. The van der Waals surface area contributed by atoms with Crippen molar-refractivity contribution in [2.45, 2.75) is 71.3 Å². The predicted octanol–water partition coefficient (Wildman–Crippen LogP) is 3.55. The standard InChI is InChI=1S/C14H25N3O/c1-4-7-11(15)12-16-13(18-17-12)10-8-5-6-9-14(10,2)3/h10-11H,4-9,15H2,1-3H3. The molecule has 18 heavy (non-hydrogen) atoms. The number of hydrogen-bond acceptors (Lipinski definition) is 4. The van der Waals surface area contributed by atoms with Gasteiger partial charge in [0.05, 0.1) is 6.04 Å². The van der Waals surface area contributed by atoms with Crippen molar-refractivity contribution in [3.63, 3.8) is 0 Å². The molecule has 2 N–H and O–H groups in total. The van der Waals surface area contributed by atoms with Gasteiger partial charge in [-0.1, -0.05) is 45.2 Å². The zero-order valence-corrected chi connectivity index (χ0v) is 11.8. The highest BCUT2D eigenvalue weighted by molar-refractivity contribution is 5.04. The summed E-state index contributed by atoms with van der Waals surface area (Å²) in [5.74, 6) is 1.86. The Labute approximate surface area is 109 Å². The van der Waals surface area contributed by atoms with Crippen LogP contribution in [0.25, 0.3) is 0 Å². The van der Waals surface area contributed by atoms with Gasteiger partial charge in [0.25, 0.3) is 0 Å². The number of nitrogens with zero attached hydrogens (tertiary/aromatic N) is 2. The van der Waals surface area contributed by atoms with E-state index in [1.807, 2.05) is 0 Å². The van der Waals surface area contributed by atoms with E-state index in [9.17, 15) is 0 Å². The summed E-state index contributed by atoms with van der Waals surface area (Å²) in [6.45, 7) is 6.71. The summed E-state index contributed by atoms with van der Waals surface area (Å²) in [6.07, 6.45) is 6.90. The van der Waals surface area contributed by atoms with E-state index >= 15 is 0 Å². The highest BCUT2D eigenvalue weighted by atomic mass is 16.5. The van der Waals surface area contributed by atoms with Gasteiger partial charge in [-0.05, 0) is 24.7 Å². The van der Waals surface area contributed by atoms with Crippen LogP contribution in [-0.2, 0) is 0 Å². The van der Waals surface area contributed by atoms with E-state index in [1.54, 1.807) is 0 Å². The Bertz CT molecular complexity index is 386. The van der Waals surface area contributed by atoms with Crippen molar-refractivity contribution in [3.8, 4) is 0 Å². The molecule has 0 aliphatic heterocycles. The molecule has 0 radical (unpaired) electrons. The highest BCUT2D eigenvalue weighted by Gasteiger charge is 2.37. The third-order valence-corrected chi connectivity index (χ3v) is 4.19. The van der Waals surface area contributed by atoms with Crippen molar-refractivity contribution in [2.24, 2.45) is 11.1 Å². The second-order valence-electron chi connectivity index (χ2n) is 6.17. The van der Waals surface area contributed by atoms with Crippen LogP contribution in [-0.4, -0.2) is 10.1 Å². The van der Waals surface area contributed by atoms with Gasteiger partial charge in [0.15, 0.2) is 5.82 Å². The summed E-state index contributed by atoms with van der Waals surface area (Å²) in [7, 11) is 0. The molecule has 4 nitrogen and oxygen atoms in total. The molecule has 1 aliphatic rings. The first-order chi connectivity index (χ1) is 8.54. The van der Waals surface area contributed by atoms with E-state index in [0.717, 1.165) is 25.2 Å². The molecule has 4 heteroatoms. The molecule has 1 fully saturated rings. The number of aromatic nitrogens is 2.